The van der Waals surface area contributed by atoms with Gasteiger partial charge >= 0.3 is 0 Å². The molecule has 1 unspecified atom stereocenters. The first kappa shape index (κ1) is 20.2. The van der Waals surface area contributed by atoms with Crippen molar-refractivity contribution in [3.8, 4) is 0 Å². The van der Waals surface area contributed by atoms with Crippen molar-refractivity contribution in [2.75, 3.05) is 31.1 Å². The van der Waals surface area contributed by atoms with Crippen molar-refractivity contribution in [2.45, 2.75) is 45.1 Å². The van der Waals surface area contributed by atoms with Crippen LogP contribution < -0.4 is 4.90 Å². The van der Waals surface area contributed by atoms with Gasteiger partial charge in [0.1, 0.15) is 24.1 Å². The lowest BCUT2D eigenvalue weighted by Gasteiger charge is -2.29. The maximum Gasteiger partial charge on any atom is 0.142 e. The zero-order valence-corrected chi connectivity index (χ0v) is 18.6. The maximum absolute atomic E-state index is 12.2. The number of carbonyl (C=O) groups is 1. The topological polar surface area (TPSA) is 65.1 Å². The molecule has 3 heterocycles. The SMILES string of the molecule is CC(C)(C)c1ccc(C(C=O)N2CCN(c3ncnc4[nH]ccc34)CC3(CC3)C2)cc1. The normalized spacial score (nSPS) is 20.0. The number of hydrogen-bond donors (Lipinski definition) is 1. The van der Waals surface area contributed by atoms with E-state index < -0.39 is 0 Å². The van der Waals surface area contributed by atoms with E-state index in [2.05, 4.69) is 75.9 Å². The van der Waals surface area contributed by atoms with E-state index in [1.165, 1.54) is 18.4 Å². The fraction of sp³-hybridized carbons (Fsp3) is 0.480. The van der Waals surface area contributed by atoms with Crippen molar-refractivity contribution >= 4 is 23.1 Å². The predicted octanol–water partition coefficient (Wildman–Crippen LogP) is 4.10. The molecule has 1 aliphatic carbocycles. The minimum absolute atomic E-state index is 0.109. The molecule has 6 heteroatoms. The van der Waals surface area contributed by atoms with E-state index >= 15 is 0 Å². The van der Waals surface area contributed by atoms with E-state index in [0.29, 0.717) is 0 Å². The number of aromatic nitrogens is 3. The van der Waals surface area contributed by atoms with Gasteiger partial charge in [-0.3, -0.25) is 4.90 Å². The minimum atomic E-state index is -0.205. The summed E-state index contributed by atoms with van der Waals surface area (Å²) < 4.78 is 0. The highest BCUT2D eigenvalue weighted by molar-refractivity contribution is 5.87. The third-order valence-electron chi connectivity index (χ3n) is 6.95. The summed E-state index contributed by atoms with van der Waals surface area (Å²) >= 11 is 0. The van der Waals surface area contributed by atoms with Crippen molar-refractivity contribution in [2.24, 2.45) is 5.41 Å². The molecule has 3 aromatic rings. The Balaban J connectivity index is 1.41. The summed E-state index contributed by atoms with van der Waals surface area (Å²) in [5, 5.41) is 1.07. The predicted molar refractivity (Wildman–Crippen MR) is 123 cm³/mol. The summed E-state index contributed by atoms with van der Waals surface area (Å²) in [6.45, 7) is 10.3. The number of aromatic amines is 1. The highest BCUT2D eigenvalue weighted by Gasteiger charge is 2.48. The van der Waals surface area contributed by atoms with Crippen LogP contribution in [-0.4, -0.2) is 52.3 Å². The van der Waals surface area contributed by atoms with Crippen LogP contribution in [0.4, 0.5) is 5.82 Å². The van der Waals surface area contributed by atoms with Gasteiger partial charge < -0.3 is 14.7 Å². The Kier molecular flexibility index (Phi) is 4.85. The monoisotopic (exact) mass is 417 g/mol. The molecule has 1 saturated carbocycles. The zero-order valence-electron chi connectivity index (χ0n) is 18.6. The molecule has 1 atom stereocenters. The van der Waals surface area contributed by atoms with Crippen molar-refractivity contribution in [1.82, 2.24) is 19.9 Å². The zero-order chi connectivity index (χ0) is 21.6. The van der Waals surface area contributed by atoms with E-state index in [4.69, 9.17) is 0 Å². The molecular weight excluding hydrogens is 386 g/mol. The summed E-state index contributed by atoms with van der Waals surface area (Å²) in [6.07, 6.45) is 7.09. The van der Waals surface area contributed by atoms with E-state index in [1.54, 1.807) is 6.33 Å². The van der Waals surface area contributed by atoms with Crippen molar-refractivity contribution in [3.63, 3.8) is 0 Å². The Bertz CT molecular complexity index is 1080. The molecule has 31 heavy (non-hydrogen) atoms. The maximum atomic E-state index is 12.2. The van der Waals surface area contributed by atoms with E-state index in [1.807, 2.05) is 6.20 Å². The Morgan fingerprint density at radius 1 is 1.06 bits per heavy atom. The van der Waals surface area contributed by atoms with Gasteiger partial charge in [-0.25, -0.2) is 9.97 Å². The summed E-state index contributed by atoms with van der Waals surface area (Å²) in [7, 11) is 0. The lowest BCUT2D eigenvalue weighted by atomic mass is 9.86. The lowest BCUT2D eigenvalue weighted by molar-refractivity contribution is -0.112. The number of H-pyrrole nitrogens is 1. The molecule has 6 nitrogen and oxygen atoms in total. The summed E-state index contributed by atoms with van der Waals surface area (Å²) in [4.78, 5) is 29.2. The molecule has 1 saturated heterocycles. The average Bonchev–Trinajstić information content (AvgIpc) is 3.38. The molecule has 0 radical (unpaired) electrons. The number of benzene rings is 1. The number of fused-ring (bicyclic) bond motifs is 1. The van der Waals surface area contributed by atoms with Crippen molar-refractivity contribution in [3.05, 3.63) is 54.0 Å². The molecular formula is C25H31N5O. The average molecular weight is 418 g/mol. The molecule has 1 aromatic carbocycles. The van der Waals surface area contributed by atoms with Crippen LogP contribution >= 0.6 is 0 Å². The largest absolute Gasteiger partial charge is 0.354 e. The van der Waals surface area contributed by atoms with E-state index in [-0.39, 0.29) is 16.9 Å². The Labute approximate surface area is 183 Å². The highest BCUT2D eigenvalue weighted by Crippen LogP contribution is 2.49. The Morgan fingerprint density at radius 2 is 1.84 bits per heavy atom. The number of hydrogen-bond acceptors (Lipinski definition) is 5. The third kappa shape index (κ3) is 3.85. The first-order valence-electron chi connectivity index (χ1n) is 11.2. The van der Waals surface area contributed by atoms with Crippen LogP contribution in [0.5, 0.6) is 0 Å². The van der Waals surface area contributed by atoms with E-state index in [9.17, 15) is 4.79 Å². The minimum Gasteiger partial charge on any atom is -0.354 e. The van der Waals surface area contributed by atoms with Crippen LogP contribution in [-0.2, 0) is 10.2 Å². The smallest absolute Gasteiger partial charge is 0.142 e. The molecule has 1 aliphatic heterocycles. The molecule has 5 rings (SSSR count). The fourth-order valence-corrected chi connectivity index (χ4v) is 4.87. The molecule has 2 aliphatic rings. The second-order valence-electron chi connectivity index (χ2n) is 10.3. The van der Waals surface area contributed by atoms with Crippen LogP contribution in [0.15, 0.2) is 42.9 Å². The lowest BCUT2D eigenvalue weighted by Crippen LogP contribution is -2.35. The summed E-state index contributed by atoms with van der Waals surface area (Å²) in [6, 6.07) is 10.5. The van der Waals surface area contributed by atoms with Gasteiger partial charge in [-0.15, -0.1) is 0 Å². The summed E-state index contributed by atoms with van der Waals surface area (Å²) in [5.74, 6) is 0.997. The number of nitrogens with zero attached hydrogens (tertiary/aromatic N) is 4. The standard InChI is InChI=1S/C25H31N5O/c1-24(2,3)19-6-4-18(5-7-19)21(14-31)29-12-13-30(16-25(15-29)9-10-25)23-20-8-11-26-22(20)27-17-28-23/h4-8,11,14,17,21H,9-10,12-13,15-16H2,1-3H3,(H,26,27,28). The van der Waals surface area contributed by atoms with Crippen LogP contribution in [0, 0.1) is 5.41 Å². The second-order valence-corrected chi connectivity index (χ2v) is 10.3. The number of aldehydes is 1. The van der Waals surface area contributed by atoms with Gasteiger partial charge in [-0.05, 0) is 35.4 Å². The summed E-state index contributed by atoms with van der Waals surface area (Å²) in [5.41, 5.74) is 3.61. The molecule has 0 amide bonds. The van der Waals surface area contributed by atoms with Crippen LogP contribution in [0.1, 0.15) is 50.8 Å². The number of nitrogens with one attached hydrogen (secondary N) is 1. The molecule has 2 fully saturated rings. The van der Waals surface area contributed by atoms with Crippen molar-refractivity contribution in [1.29, 1.82) is 0 Å². The van der Waals surface area contributed by atoms with Gasteiger partial charge in [-0.2, -0.15) is 0 Å². The number of anilines is 1. The second kappa shape index (κ2) is 7.45. The van der Waals surface area contributed by atoms with Crippen LogP contribution in [0.2, 0.25) is 0 Å². The number of rotatable bonds is 4. The first-order chi connectivity index (χ1) is 14.9. The third-order valence-corrected chi connectivity index (χ3v) is 6.95. The molecule has 0 bridgehead atoms. The fourth-order valence-electron chi connectivity index (χ4n) is 4.87. The Morgan fingerprint density at radius 3 is 2.52 bits per heavy atom. The number of carbonyl (C=O) groups excluding carboxylic acids is 1. The molecule has 162 valence electrons. The van der Waals surface area contributed by atoms with Crippen LogP contribution in [0.25, 0.3) is 11.0 Å². The highest BCUT2D eigenvalue weighted by atomic mass is 16.1. The van der Waals surface area contributed by atoms with Gasteiger partial charge in [0.15, 0.2) is 0 Å². The van der Waals surface area contributed by atoms with Crippen molar-refractivity contribution < 1.29 is 4.79 Å². The molecule has 1 N–H and O–H groups in total. The van der Waals surface area contributed by atoms with E-state index in [0.717, 1.165) is 54.9 Å². The van der Waals surface area contributed by atoms with Gasteiger partial charge in [0.25, 0.3) is 0 Å². The van der Waals surface area contributed by atoms with Gasteiger partial charge in [-0.1, -0.05) is 45.0 Å². The quantitative estimate of drug-likeness (QED) is 0.648. The van der Waals surface area contributed by atoms with Gasteiger partial charge in [0.2, 0.25) is 0 Å². The first-order valence-corrected chi connectivity index (χ1v) is 11.2. The molecule has 2 aromatic heterocycles. The molecule has 1 spiro atoms. The van der Waals surface area contributed by atoms with Gasteiger partial charge in [0, 0.05) is 37.8 Å². The van der Waals surface area contributed by atoms with Gasteiger partial charge in [0.05, 0.1) is 11.4 Å². The van der Waals surface area contributed by atoms with Crippen LogP contribution in [0.3, 0.4) is 0 Å². The Hall–Kier alpha value is -2.73.